The Hall–Kier alpha value is -1.55. The third-order valence-electron chi connectivity index (χ3n) is 2.98. The highest BCUT2D eigenvalue weighted by Crippen LogP contribution is 2.30. The summed E-state index contributed by atoms with van der Waals surface area (Å²) in [5.74, 6) is 1.27. The van der Waals surface area contributed by atoms with Gasteiger partial charge in [-0.25, -0.2) is 0 Å². The zero-order chi connectivity index (χ0) is 13.0. The van der Waals surface area contributed by atoms with Crippen LogP contribution in [0, 0.1) is 0 Å². The van der Waals surface area contributed by atoms with Crippen molar-refractivity contribution in [1.82, 2.24) is 0 Å². The molecule has 0 bridgehead atoms. The number of benzene rings is 1. The topological polar surface area (TPSA) is 44.8 Å². The van der Waals surface area contributed by atoms with Gasteiger partial charge in [-0.05, 0) is 38.0 Å². The molecule has 4 nitrogen and oxygen atoms in total. The van der Waals surface area contributed by atoms with E-state index < -0.39 is 0 Å². The molecule has 0 amide bonds. The summed E-state index contributed by atoms with van der Waals surface area (Å²) in [6, 6.07) is 5.23. The van der Waals surface area contributed by atoms with Gasteiger partial charge in [0.1, 0.15) is 6.10 Å². The fraction of sp³-hybridized carbons (Fsp3) is 0.500. The molecular weight excluding hydrogens is 232 g/mol. The van der Waals surface area contributed by atoms with E-state index in [4.69, 9.17) is 14.2 Å². The van der Waals surface area contributed by atoms with Crippen LogP contribution in [0.3, 0.4) is 0 Å². The Morgan fingerprint density at radius 2 is 2.22 bits per heavy atom. The van der Waals surface area contributed by atoms with Gasteiger partial charge in [-0.15, -0.1) is 0 Å². The molecule has 1 unspecified atom stereocenters. The summed E-state index contributed by atoms with van der Waals surface area (Å²) < 4.78 is 16.5. The third-order valence-corrected chi connectivity index (χ3v) is 2.98. The summed E-state index contributed by atoms with van der Waals surface area (Å²) in [5, 5.41) is 0. The molecule has 1 saturated heterocycles. The predicted molar refractivity (Wildman–Crippen MR) is 67.5 cm³/mol. The molecule has 1 aromatic rings. The lowest BCUT2D eigenvalue weighted by molar-refractivity contribution is 0.00642. The van der Waals surface area contributed by atoms with Crippen molar-refractivity contribution in [1.29, 1.82) is 0 Å². The number of carbonyl (C=O) groups is 1. The lowest BCUT2D eigenvalue weighted by Gasteiger charge is -2.24. The fourth-order valence-corrected chi connectivity index (χ4v) is 1.97. The number of carbonyl (C=O) groups excluding carboxylic acids is 1. The Labute approximate surface area is 107 Å². The fourth-order valence-electron chi connectivity index (χ4n) is 1.97. The first kappa shape index (κ1) is 12.9. The predicted octanol–water partition coefficient (Wildman–Crippen LogP) is 2.46. The molecule has 0 N–H and O–H groups in total. The van der Waals surface area contributed by atoms with Crippen LogP contribution in [-0.2, 0) is 4.74 Å². The maximum Gasteiger partial charge on any atom is 0.162 e. The zero-order valence-corrected chi connectivity index (χ0v) is 10.8. The second-order valence-corrected chi connectivity index (χ2v) is 4.38. The summed E-state index contributed by atoms with van der Waals surface area (Å²) in [6.07, 6.45) is 2.00. The second kappa shape index (κ2) is 5.87. The number of rotatable bonds is 4. The molecule has 1 aliphatic heterocycles. The number of methoxy groups -OCH3 is 1. The highest BCUT2D eigenvalue weighted by molar-refractivity contribution is 5.94. The van der Waals surface area contributed by atoms with E-state index in [2.05, 4.69) is 0 Å². The van der Waals surface area contributed by atoms with Gasteiger partial charge in [0.25, 0.3) is 0 Å². The van der Waals surface area contributed by atoms with Gasteiger partial charge >= 0.3 is 0 Å². The number of ketones is 1. The van der Waals surface area contributed by atoms with Gasteiger partial charge < -0.3 is 14.2 Å². The number of hydrogen-bond donors (Lipinski definition) is 0. The molecule has 1 heterocycles. The van der Waals surface area contributed by atoms with E-state index in [1.807, 2.05) is 0 Å². The summed E-state index contributed by atoms with van der Waals surface area (Å²) in [4.78, 5) is 11.4. The Morgan fingerprint density at radius 3 is 2.83 bits per heavy atom. The van der Waals surface area contributed by atoms with E-state index in [1.54, 1.807) is 25.3 Å². The SMILES string of the molecule is COc1ccc(C(C)=O)cc1OC1CCCOC1. The molecule has 1 aromatic carbocycles. The van der Waals surface area contributed by atoms with Crippen LogP contribution >= 0.6 is 0 Å². The van der Waals surface area contributed by atoms with Crippen LogP contribution in [0.5, 0.6) is 11.5 Å². The van der Waals surface area contributed by atoms with E-state index in [1.165, 1.54) is 6.92 Å². The molecule has 18 heavy (non-hydrogen) atoms. The molecule has 2 rings (SSSR count). The standard InChI is InChI=1S/C14H18O4/c1-10(15)11-5-6-13(16-2)14(8-11)18-12-4-3-7-17-9-12/h5-6,8,12H,3-4,7,9H2,1-2H3. The highest BCUT2D eigenvalue weighted by Gasteiger charge is 2.18. The van der Waals surface area contributed by atoms with Crippen LogP contribution in [0.25, 0.3) is 0 Å². The third kappa shape index (κ3) is 3.01. The molecule has 0 aliphatic carbocycles. The second-order valence-electron chi connectivity index (χ2n) is 4.38. The lowest BCUT2D eigenvalue weighted by atomic mass is 10.1. The van der Waals surface area contributed by atoms with E-state index >= 15 is 0 Å². The number of Topliss-reactive ketones (excluding diaryl/α,β-unsaturated/α-hetero) is 1. The Bertz CT molecular complexity index is 422. The molecule has 98 valence electrons. The van der Waals surface area contributed by atoms with Crippen LogP contribution in [0.2, 0.25) is 0 Å². The quantitative estimate of drug-likeness (QED) is 0.770. The molecular formula is C14H18O4. The van der Waals surface area contributed by atoms with Gasteiger partial charge in [0, 0.05) is 12.2 Å². The molecule has 0 saturated carbocycles. The van der Waals surface area contributed by atoms with E-state index in [9.17, 15) is 4.79 Å². The van der Waals surface area contributed by atoms with Crippen molar-refractivity contribution in [2.45, 2.75) is 25.9 Å². The Morgan fingerprint density at radius 1 is 1.39 bits per heavy atom. The van der Waals surface area contributed by atoms with Crippen molar-refractivity contribution < 1.29 is 19.0 Å². The first-order valence-corrected chi connectivity index (χ1v) is 6.14. The number of ether oxygens (including phenoxy) is 3. The van der Waals surface area contributed by atoms with Crippen LogP contribution in [0.15, 0.2) is 18.2 Å². The minimum Gasteiger partial charge on any atom is -0.493 e. The van der Waals surface area contributed by atoms with Crippen molar-refractivity contribution in [3.05, 3.63) is 23.8 Å². The van der Waals surface area contributed by atoms with Gasteiger partial charge in [-0.3, -0.25) is 4.79 Å². The largest absolute Gasteiger partial charge is 0.493 e. The van der Waals surface area contributed by atoms with Gasteiger partial charge in [0.05, 0.1) is 13.7 Å². The molecule has 4 heteroatoms. The lowest BCUT2D eigenvalue weighted by Crippen LogP contribution is -2.28. The first-order chi connectivity index (χ1) is 8.70. The van der Waals surface area contributed by atoms with E-state index in [0.29, 0.717) is 23.7 Å². The van der Waals surface area contributed by atoms with Crippen LogP contribution in [-0.4, -0.2) is 32.2 Å². The molecule has 1 fully saturated rings. The average molecular weight is 250 g/mol. The minimum absolute atomic E-state index is 0.0161. The minimum atomic E-state index is 0.0161. The molecule has 1 aliphatic rings. The average Bonchev–Trinajstić information content (AvgIpc) is 2.39. The van der Waals surface area contributed by atoms with Crippen molar-refractivity contribution >= 4 is 5.78 Å². The van der Waals surface area contributed by atoms with Gasteiger partial charge in [-0.1, -0.05) is 0 Å². The summed E-state index contributed by atoms with van der Waals surface area (Å²) in [7, 11) is 1.59. The van der Waals surface area contributed by atoms with Gasteiger partial charge in [-0.2, -0.15) is 0 Å². The smallest absolute Gasteiger partial charge is 0.162 e. The number of hydrogen-bond acceptors (Lipinski definition) is 4. The monoisotopic (exact) mass is 250 g/mol. The molecule has 0 spiro atoms. The van der Waals surface area contributed by atoms with Crippen LogP contribution in [0.4, 0.5) is 0 Å². The van der Waals surface area contributed by atoms with Crippen molar-refractivity contribution in [2.75, 3.05) is 20.3 Å². The molecule has 1 atom stereocenters. The Balaban J connectivity index is 2.17. The van der Waals surface area contributed by atoms with E-state index in [0.717, 1.165) is 19.4 Å². The van der Waals surface area contributed by atoms with E-state index in [-0.39, 0.29) is 11.9 Å². The highest BCUT2D eigenvalue weighted by atomic mass is 16.5. The summed E-state index contributed by atoms with van der Waals surface area (Å²) in [5.41, 5.74) is 0.627. The van der Waals surface area contributed by atoms with Crippen molar-refractivity contribution in [2.24, 2.45) is 0 Å². The zero-order valence-electron chi connectivity index (χ0n) is 10.8. The summed E-state index contributed by atoms with van der Waals surface area (Å²) >= 11 is 0. The summed E-state index contributed by atoms with van der Waals surface area (Å²) in [6.45, 7) is 2.92. The molecule has 0 aromatic heterocycles. The maximum atomic E-state index is 11.4. The van der Waals surface area contributed by atoms with Gasteiger partial charge in [0.2, 0.25) is 0 Å². The van der Waals surface area contributed by atoms with Crippen LogP contribution in [0.1, 0.15) is 30.1 Å². The maximum absolute atomic E-state index is 11.4. The van der Waals surface area contributed by atoms with Gasteiger partial charge in [0.15, 0.2) is 17.3 Å². The normalized spacial score (nSPS) is 19.3. The first-order valence-electron chi connectivity index (χ1n) is 6.14. The molecule has 0 radical (unpaired) electrons. The van der Waals surface area contributed by atoms with Crippen LogP contribution < -0.4 is 9.47 Å². The van der Waals surface area contributed by atoms with Crippen molar-refractivity contribution in [3.8, 4) is 11.5 Å². The Kier molecular flexibility index (Phi) is 4.20. The van der Waals surface area contributed by atoms with Crippen molar-refractivity contribution in [3.63, 3.8) is 0 Å².